The molecule has 0 aliphatic heterocycles. The van der Waals surface area contributed by atoms with Crippen LogP contribution in [0.1, 0.15) is 25.5 Å². The second kappa shape index (κ2) is 7.39. The molecule has 0 aliphatic rings. The lowest BCUT2D eigenvalue weighted by atomic mass is 10.2. The second-order valence-electron chi connectivity index (χ2n) is 4.28. The number of nitriles is 1. The highest BCUT2D eigenvalue weighted by Gasteiger charge is 2.11. The first-order chi connectivity index (χ1) is 9.08. The van der Waals surface area contributed by atoms with Gasteiger partial charge in [0.2, 0.25) is 0 Å². The summed E-state index contributed by atoms with van der Waals surface area (Å²) >= 11 is 0. The second-order valence-corrected chi connectivity index (χ2v) is 4.28. The molecule has 1 rings (SSSR count). The van der Waals surface area contributed by atoms with Crippen LogP contribution in [0.5, 0.6) is 0 Å². The van der Waals surface area contributed by atoms with Gasteiger partial charge in [0.15, 0.2) is 0 Å². The molecule has 0 radical (unpaired) electrons. The first-order valence-corrected chi connectivity index (χ1v) is 6.03. The number of hydrogen-bond donors (Lipinski definition) is 0. The van der Waals surface area contributed by atoms with E-state index in [4.69, 9.17) is 14.7 Å². The molecule has 0 atom stereocenters. The van der Waals surface area contributed by atoms with Crippen molar-refractivity contribution in [1.82, 2.24) is 4.57 Å². The molecule has 1 aromatic rings. The molecule has 0 amide bonds. The Bertz CT molecular complexity index is 495. The number of aromatic nitrogens is 1. The highest BCUT2D eigenvalue weighted by atomic mass is 16.6. The van der Waals surface area contributed by atoms with Crippen LogP contribution < -0.4 is 0 Å². The average Bonchev–Trinajstić information content (AvgIpc) is 2.84. The number of nitrogens with zero attached hydrogens (tertiary/aromatic N) is 2. The van der Waals surface area contributed by atoms with Gasteiger partial charge >= 0.3 is 5.97 Å². The van der Waals surface area contributed by atoms with Gasteiger partial charge in [-0.25, -0.2) is 4.79 Å². The third kappa shape index (κ3) is 4.60. The zero-order valence-electron chi connectivity index (χ0n) is 11.4. The first kappa shape index (κ1) is 15.0. The molecule has 0 saturated heterocycles. The van der Waals surface area contributed by atoms with Crippen LogP contribution in [0.2, 0.25) is 0 Å². The topological polar surface area (TPSA) is 64.2 Å². The number of carbonyl (C=O) groups is 1. The van der Waals surface area contributed by atoms with Crippen molar-refractivity contribution < 1.29 is 14.3 Å². The predicted octanol–water partition coefficient (Wildman–Crippen LogP) is 2.17. The minimum Gasteiger partial charge on any atom is -0.459 e. The van der Waals surface area contributed by atoms with E-state index in [1.165, 1.54) is 13.2 Å². The lowest BCUT2D eigenvalue weighted by Gasteiger charge is -2.05. The Morgan fingerprint density at radius 2 is 2.26 bits per heavy atom. The van der Waals surface area contributed by atoms with Crippen LogP contribution in [0, 0.1) is 11.3 Å². The maximum atomic E-state index is 11.6. The minimum atomic E-state index is -0.628. The van der Waals surface area contributed by atoms with Gasteiger partial charge in [0.05, 0.1) is 6.61 Å². The van der Waals surface area contributed by atoms with E-state index >= 15 is 0 Å². The number of ether oxygens (including phenoxy) is 2. The fraction of sp³-hybridized carbons (Fsp3) is 0.429. The standard InChI is InChI=1S/C14H18N2O3/c1-11(2)16-5-4-12(10-16)8-13(9-15)14(17)19-7-6-18-3/h4-5,8,10-11H,6-7H2,1-3H3/b13-8-. The number of esters is 1. The zero-order chi connectivity index (χ0) is 14.3. The number of methoxy groups -OCH3 is 1. The van der Waals surface area contributed by atoms with Crippen molar-refractivity contribution in [2.24, 2.45) is 0 Å². The van der Waals surface area contributed by atoms with Gasteiger partial charge in [-0.2, -0.15) is 5.26 Å². The predicted molar refractivity (Wildman–Crippen MR) is 71.2 cm³/mol. The quantitative estimate of drug-likeness (QED) is 0.341. The van der Waals surface area contributed by atoms with Crippen LogP contribution in [-0.4, -0.2) is 30.9 Å². The fourth-order valence-electron chi connectivity index (χ4n) is 1.44. The summed E-state index contributed by atoms with van der Waals surface area (Å²) in [6, 6.07) is 4.03. The van der Waals surface area contributed by atoms with Gasteiger partial charge in [-0.1, -0.05) is 0 Å². The average molecular weight is 262 g/mol. The van der Waals surface area contributed by atoms with Gasteiger partial charge in [0.25, 0.3) is 0 Å². The molecule has 0 unspecified atom stereocenters. The molecule has 102 valence electrons. The molecule has 0 saturated carbocycles. The molecule has 19 heavy (non-hydrogen) atoms. The molecular formula is C14H18N2O3. The summed E-state index contributed by atoms with van der Waals surface area (Å²) in [5, 5.41) is 8.97. The van der Waals surface area contributed by atoms with E-state index in [2.05, 4.69) is 13.8 Å². The summed E-state index contributed by atoms with van der Waals surface area (Å²) < 4.78 is 11.7. The van der Waals surface area contributed by atoms with Crippen molar-refractivity contribution in [1.29, 1.82) is 5.26 Å². The summed E-state index contributed by atoms with van der Waals surface area (Å²) in [6.07, 6.45) is 5.31. The van der Waals surface area contributed by atoms with E-state index in [9.17, 15) is 4.79 Å². The van der Waals surface area contributed by atoms with Gasteiger partial charge in [-0.15, -0.1) is 0 Å². The SMILES string of the molecule is COCCOC(=O)/C(C#N)=C\c1ccn(C(C)C)c1. The van der Waals surface area contributed by atoms with Gasteiger partial charge in [0, 0.05) is 25.5 Å². The Morgan fingerprint density at radius 3 is 2.79 bits per heavy atom. The van der Waals surface area contributed by atoms with E-state index in [1.54, 1.807) is 0 Å². The van der Waals surface area contributed by atoms with Crippen LogP contribution in [0.4, 0.5) is 0 Å². The van der Waals surface area contributed by atoms with E-state index in [0.717, 1.165) is 5.56 Å². The zero-order valence-corrected chi connectivity index (χ0v) is 11.4. The molecule has 1 aromatic heterocycles. The van der Waals surface area contributed by atoms with E-state index in [1.807, 2.05) is 29.1 Å². The summed E-state index contributed by atoms with van der Waals surface area (Å²) in [5.74, 6) is -0.628. The third-order valence-corrected chi connectivity index (χ3v) is 2.51. The molecule has 0 aromatic carbocycles. The molecule has 0 N–H and O–H groups in total. The van der Waals surface area contributed by atoms with Crippen LogP contribution in [0.3, 0.4) is 0 Å². The van der Waals surface area contributed by atoms with Gasteiger partial charge < -0.3 is 14.0 Å². The number of carbonyl (C=O) groups excluding carboxylic acids is 1. The molecule has 5 nitrogen and oxygen atoms in total. The van der Waals surface area contributed by atoms with Crippen molar-refractivity contribution in [3.05, 3.63) is 29.6 Å². The van der Waals surface area contributed by atoms with Crippen LogP contribution in [-0.2, 0) is 14.3 Å². The Morgan fingerprint density at radius 1 is 1.53 bits per heavy atom. The largest absolute Gasteiger partial charge is 0.459 e. The van der Waals surface area contributed by atoms with Crippen molar-refractivity contribution in [3.63, 3.8) is 0 Å². The number of rotatable bonds is 6. The highest BCUT2D eigenvalue weighted by Crippen LogP contribution is 2.12. The lowest BCUT2D eigenvalue weighted by molar-refractivity contribution is -0.139. The van der Waals surface area contributed by atoms with Crippen molar-refractivity contribution in [2.45, 2.75) is 19.9 Å². The smallest absolute Gasteiger partial charge is 0.348 e. The first-order valence-electron chi connectivity index (χ1n) is 6.03. The molecular weight excluding hydrogens is 244 g/mol. The molecule has 0 spiro atoms. The molecule has 0 fully saturated rings. The lowest BCUT2D eigenvalue weighted by Crippen LogP contribution is -2.11. The Balaban J connectivity index is 2.75. The van der Waals surface area contributed by atoms with Crippen LogP contribution >= 0.6 is 0 Å². The van der Waals surface area contributed by atoms with Crippen molar-refractivity contribution in [2.75, 3.05) is 20.3 Å². The monoisotopic (exact) mass is 262 g/mol. The van der Waals surface area contributed by atoms with Crippen LogP contribution in [0.25, 0.3) is 6.08 Å². The molecule has 0 bridgehead atoms. The van der Waals surface area contributed by atoms with E-state index < -0.39 is 5.97 Å². The summed E-state index contributed by atoms with van der Waals surface area (Å²) in [7, 11) is 1.52. The number of hydrogen-bond acceptors (Lipinski definition) is 4. The molecule has 5 heteroatoms. The maximum Gasteiger partial charge on any atom is 0.348 e. The van der Waals surface area contributed by atoms with Gasteiger partial charge in [-0.05, 0) is 31.6 Å². The van der Waals surface area contributed by atoms with Crippen LogP contribution in [0.15, 0.2) is 24.0 Å². The summed E-state index contributed by atoms with van der Waals surface area (Å²) in [6.45, 7) is 4.56. The van der Waals surface area contributed by atoms with Crippen molar-refractivity contribution >= 4 is 12.0 Å². The Kier molecular flexibility index (Phi) is 5.83. The van der Waals surface area contributed by atoms with Gasteiger partial charge in [0.1, 0.15) is 18.2 Å². The summed E-state index contributed by atoms with van der Waals surface area (Å²) in [4.78, 5) is 11.6. The molecule has 1 heterocycles. The summed E-state index contributed by atoms with van der Waals surface area (Å²) in [5.41, 5.74) is 0.784. The maximum absolute atomic E-state index is 11.6. The van der Waals surface area contributed by atoms with E-state index in [-0.39, 0.29) is 12.2 Å². The van der Waals surface area contributed by atoms with Crippen molar-refractivity contribution in [3.8, 4) is 6.07 Å². The Hall–Kier alpha value is -2.06. The molecule has 0 aliphatic carbocycles. The normalized spacial score (nSPS) is 11.4. The minimum absolute atomic E-state index is 0.0161. The third-order valence-electron chi connectivity index (χ3n) is 2.51. The van der Waals surface area contributed by atoms with Gasteiger partial charge in [-0.3, -0.25) is 0 Å². The Labute approximate surface area is 113 Å². The highest BCUT2D eigenvalue weighted by molar-refractivity contribution is 5.97. The van der Waals surface area contributed by atoms with E-state index in [0.29, 0.717) is 12.6 Å². The fourth-order valence-corrected chi connectivity index (χ4v) is 1.44.